The topological polar surface area (TPSA) is 36.3 Å². The van der Waals surface area contributed by atoms with E-state index in [9.17, 15) is 0 Å². The van der Waals surface area contributed by atoms with Gasteiger partial charge in [-0.1, -0.05) is 48.8 Å². The van der Waals surface area contributed by atoms with Crippen LogP contribution < -0.4 is 4.74 Å². The Morgan fingerprint density at radius 2 is 1.83 bits per heavy atom. The molecular weight excluding hydrogens is 440 g/mol. The lowest BCUT2D eigenvalue weighted by Gasteiger charge is -2.25. The zero-order valence-electron chi connectivity index (χ0n) is 18.1. The summed E-state index contributed by atoms with van der Waals surface area (Å²) in [5, 5.41) is 4.98. The van der Waals surface area contributed by atoms with Crippen LogP contribution in [0.25, 0.3) is 22.5 Å². The number of methoxy groups -OCH3 is 1. The van der Waals surface area contributed by atoms with Gasteiger partial charge < -0.3 is 9.47 Å². The highest BCUT2D eigenvalue weighted by Crippen LogP contribution is 2.37. The summed E-state index contributed by atoms with van der Waals surface area (Å²) < 4.78 is 14.5. The van der Waals surface area contributed by atoms with Gasteiger partial charge in [0.15, 0.2) is 6.23 Å². The molecular formula is C25H29BrN2O2. The quantitative estimate of drug-likeness (QED) is 0.413. The largest absolute Gasteiger partial charge is 0.497 e. The molecule has 158 valence electrons. The van der Waals surface area contributed by atoms with E-state index in [-0.39, 0.29) is 11.6 Å². The van der Waals surface area contributed by atoms with Crippen LogP contribution in [0.15, 0.2) is 53.0 Å². The van der Waals surface area contributed by atoms with E-state index in [1.165, 1.54) is 5.56 Å². The van der Waals surface area contributed by atoms with Gasteiger partial charge in [0.25, 0.3) is 0 Å². The molecule has 2 aromatic carbocycles. The molecule has 1 atom stereocenters. The van der Waals surface area contributed by atoms with E-state index < -0.39 is 0 Å². The molecule has 0 N–H and O–H groups in total. The number of rotatable bonds is 4. The van der Waals surface area contributed by atoms with Crippen molar-refractivity contribution in [2.45, 2.75) is 51.7 Å². The third-order valence-corrected chi connectivity index (χ3v) is 6.32. The Balaban J connectivity index is 1.80. The summed E-state index contributed by atoms with van der Waals surface area (Å²) in [6.45, 7) is 7.48. The first-order valence-corrected chi connectivity index (χ1v) is 11.3. The van der Waals surface area contributed by atoms with Gasteiger partial charge in [-0.25, -0.2) is 4.68 Å². The number of hydrogen-bond acceptors (Lipinski definition) is 3. The van der Waals surface area contributed by atoms with Gasteiger partial charge in [0.05, 0.1) is 18.5 Å². The van der Waals surface area contributed by atoms with E-state index in [2.05, 4.69) is 77.8 Å². The number of nitrogens with zero attached hydrogens (tertiary/aromatic N) is 2. The van der Waals surface area contributed by atoms with Gasteiger partial charge in [0.1, 0.15) is 5.75 Å². The highest BCUT2D eigenvalue weighted by Gasteiger charge is 2.24. The molecule has 5 heteroatoms. The van der Waals surface area contributed by atoms with Crippen molar-refractivity contribution in [3.05, 3.63) is 58.6 Å². The maximum Gasteiger partial charge on any atom is 0.150 e. The van der Waals surface area contributed by atoms with Crippen LogP contribution in [0.2, 0.25) is 0 Å². The predicted octanol–water partition coefficient (Wildman–Crippen LogP) is 6.98. The molecule has 0 spiro atoms. The third kappa shape index (κ3) is 4.33. The Kier molecular flexibility index (Phi) is 6.03. The summed E-state index contributed by atoms with van der Waals surface area (Å²) in [4.78, 5) is 0. The molecule has 1 unspecified atom stereocenters. The summed E-state index contributed by atoms with van der Waals surface area (Å²) in [5.41, 5.74) is 5.60. The Morgan fingerprint density at radius 1 is 1.07 bits per heavy atom. The van der Waals surface area contributed by atoms with Crippen molar-refractivity contribution >= 4 is 15.9 Å². The van der Waals surface area contributed by atoms with Gasteiger partial charge in [-0.15, -0.1) is 0 Å². The minimum atomic E-state index is -0.0325. The zero-order valence-corrected chi connectivity index (χ0v) is 19.7. The molecule has 1 aliphatic rings. The van der Waals surface area contributed by atoms with Crippen LogP contribution in [0.5, 0.6) is 5.75 Å². The van der Waals surface area contributed by atoms with Crippen LogP contribution in [0, 0.1) is 0 Å². The lowest BCUT2D eigenvalue weighted by molar-refractivity contribution is -0.0382. The van der Waals surface area contributed by atoms with E-state index in [0.717, 1.165) is 58.6 Å². The Bertz CT molecular complexity index is 1010. The normalized spacial score (nSPS) is 17.2. The molecule has 2 heterocycles. The fourth-order valence-corrected chi connectivity index (χ4v) is 4.41. The standard InChI is InChI=1S/C25H29BrN2O2/c1-25(2,3)18-10-13-20(21(26)15-18)23-16-22(17-8-11-19(29-4)12-9-17)27-28(23)24-7-5-6-14-30-24/h8-13,15-16,24H,5-7,14H2,1-4H3. The van der Waals surface area contributed by atoms with Crippen molar-refractivity contribution in [2.24, 2.45) is 0 Å². The van der Waals surface area contributed by atoms with E-state index in [4.69, 9.17) is 14.6 Å². The Morgan fingerprint density at radius 3 is 2.43 bits per heavy atom. The van der Waals surface area contributed by atoms with Crippen molar-refractivity contribution in [1.82, 2.24) is 9.78 Å². The van der Waals surface area contributed by atoms with Crippen LogP contribution in [0.3, 0.4) is 0 Å². The van der Waals surface area contributed by atoms with Crippen molar-refractivity contribution in [3.63, 3.8) is 0 Å². The maximum absolute atomic E-state index is 6.09. The fourth-order valence-electron chi connectivity index (χ4n) is 3.82. The first kappa shape index (κ1) is 21.1. The van der Waals surface area contributed by atoms with Gasteiger partial charge >= 0.3 is 0 Å². The number of ether oxygens (including phenoxy) is 2. The summed E-state index contributed by atoms with van der Waals surface area (Å²) >= 11 is 3.82. The number of halogens is 1. The van der Waals surface area contributed by atoms with Gasteiger partial charge in [0, 0.05) is 22.2 Å². The second-order valence-electron chi connectivity index (χ2n) is 8.85. The highest BCUT2D eigenvalue weighted by atomic mass is 79.9. The predicted molar refractivity (Wildman–Crippen MR) is 125 cm³/mol. The van der Waals surface area contributed by atoms with Crippen LogP contribution in [-0.2, 0) is 10.2 Å². The van der Waals surface area contributed by atoms with Gasteiger partial charge in [-0.2, -0.15) is 5.10 Å². The van der Waals surface area contributed by atoms with Crippen LogP contribution in [-0.4, -0.2) is 23.5 Å². The summed E-state index contributed by atoms with van der Waals surface area (Å²) in [5.74, 6) is 0.842. The van der Waals surface area contributed by atoms with Crippen LogP contribution in [0.1, 0.15) is 51.8 Å². The average molecular weight is 469 g/mol. The first-order chi connectivity index (χ1) is 14.4. The van der Waals surface area contributed by atoms with E-state index >= 15 is 0 Å². The third-order valence-electron chi connectivity index (χ3n) is 5.66. The van der Waals surface area contributed by atoms with Crippen LogP contribution >= 0.6 is 15.9 Å². The molecule has 0 amide bonds. The van der Waals surface area contributed by atoms with Crippen molar-refractivity contribution in [3.8, 4) is 28.3 Å². The van der Waals surface area contributed by atoms with Gasteiger partial charge in [-0.05, 0) is 66.6 Å². The van der Waals surface area contributed by atoms with E-state index in [1.54, 1.807) is 7.11 Å². The molecule has 1 aliphatic heterocycles. The number of benzene rings is 2. The lowest BCUT2D eigenvalue weighted by atomic mass is 9.86. The summed E-state index contributed by atoms with van der Waals surface area (Å²) in [7, 11) is 1.68. The smallest absolute Gasteiger partial charge is 0.150 e. The highest BCUT2D eigenvalue weighted by molar-refractivity contribution is 9.10. The molecule has 0 saturated carbocycles. The van der Waals surface area contributed by atoms with Gasteiger partial charge in [0.2, 0.25) is 0 Å². The average Bonchev–Trinajstić information content (AvgIpc) is 3.19. The second-order valence-corrected chi connectivity index (χ2v) is 9.71. The van der Waals surface area contributed by atoms with E-state index in [0.29, 0.717) is 0 Å². The first-order valence-electron chi connectivity index (χ1n) is 10.5. The molecule has 0 radical (unpaired) electrons. The molecule has 0 aliphatic carbocycles. The fraction of sp³-hybridized carbons (Fsp3) is 0.400. The van der Waals surface area contributed by atoms with Gasteiger partial charge in [-0.3, -0.25) is 0 Å². The van der Waals surface area contributed by atoms with Crippen LogP contribution in [0.4, 0.5) is 0 Å². The molecule has 1 aromatic heterocycles. The minimum absolute atomic E-state index is 0.0325. The van der Waals surface area contributed by atoms with Crippen molar-refractivity contribution < 1.29 is 9.47 Å². The zero-order chi connectivity index (χ0) is 21.3. The molecule has 1 saturated heterocycles. The molecule has 4 rings (SSSR count). The lowest BCUT2D eigenvalue weighted by Crippen LogP contribution is -2.20. The number of aromatic nitrogens is 2. The molecule has 4 nitrogen and oxygen atoms in total. The molecule has 3 aromatic rings. The number of hydrogen-bond donors (Lipinski definition) is 0. The van der Waals surface area contributed by atoms with Crippen molar-refractivity contribution in [2.75, 3.05) is 13.7 Å². The molecule has 0 bridgehead atoms. The SMILES string of the molecule is COc1ccc(-c2cc(-c3ccc(C(C)(C)C)cc3Br)n(C3CCCCO3)n2)cc1. The summed E-state index contributed by atoms with van der Waals surface area (Å²) in [6.07, 6.45) is 3.22. The van der Waals surface area contributed by atoms with Crippen molar-refractivity contribution in [1.29, 1.82) is 0 Å². The Hall–Kier alpha value is -2.11. The second kappa shape index (κ2) is 8.56. The minimum Gasteiger partial charge on any atom is -0.497 e. The molecule has 30 heavy (non-hydrogen) atoms. The van der Waals surface area contributed by atoms with E-state index in [1.807, 2.05) is 12.1 Å². The maximum atomic E-state index is 6.09. The summed E-state index contributed by atoms with van der Waals surface area (Å²) in [6, 6.07) is 16.8. The Labute approximate surface area is 187 Å². The monoisotopic (exact) mass is 468 g/mol. The molecule has 1 fully saturated rings.